The molecular weight excluding hydrogens is 152 g/mol. The van der Waals surface area contributed by atoms with Crippen molar-refractivity contribution in [1.29, 1.82) is 0 Å². The van der Waals surface area contributed by atoms with Crippen molar-refractivity contribution < 1.29 is 25.2 Å². The summed E-state index contributed by atoms with van der Waals surface area (Å²) in [5.74, 6) is -0.935. The van der Waals surface area contributed by atoms with Crippen LogP contribution >= 0.6 is 0 Å². The van der Waals surface area contributed by atoms with Crippen molar-refractivity contribution in [2.45, 2.75) is 13.2 Å². The minimum Gasteiger partial charge on any atom is -0.478 e. The maximum absolute atomic E-state index is 9.60. The van der Waals surface area contributed by atoms with Crippen molar-refractivity contribution in [2.75, 3.05) is 6.61 Å². The first kappa shape index (κ1) is 12.7. The lowest BCUT2D eigenvalue weighted by molar-refractivity contribution is -0.132. The SMILES string of the molecule is C=C(C)C(=O)O.OCC(O)O. The number of carbonyl (C=O) groups is 1. The third kappa shape index (κ3) is 17.6. The molecule has 0 spiro atoms. The predicted molar refractivity (Wildman–Crippen MR) is 37.8 cm³/mol. The molecule has 0 aliphatic rings. The number of aliphatic hydroxyl groups is 3. The third-order valence-corrected chi connectivity index (χ3v) is 0.528. The molecule has 4 N–H and O–H groups in total. The monoisotopic (exact) mass is 164 g/mol. The molecule has 11 heavy (non-hydrogen) atoms. The van der Waals surface area contributed by atoms with E-state index in [9.17, 15) is 4.79 Å². The van der Waals surface area contributed by atoms with Crippen molar-refractivity contribution in [1.82, 2.24) is 0 Å². The van der Waals surface area contributed by atoms with Gasteiger partial charge in [-0.05, 0) is 6.92 Å². The molecule has 0 aliphatic carbocycles. The fourth-order valence-electron chi connectivity index (χ4n) is 0. The molecule has 0 atom stereocenters. The van der Waals surface area contributed by atoms with Crippen LogP contribution in [0.15, 0.2) is 12.2 Å². The normalized spacial score (nSPS) is 8.45. The fraction of sp³-hybridized carbons (Fsp3) is 0.500. The Bertz CT molecular complexity index is 117. The molecule has 0 aromatic carbocycles. The van der Waals surface area contributed by atoms with Gasteiger partial charge in [0.05, 0.1) is 6.61 Å². The third-order valence-electron chi connectivity index (χ3n) is 0.528. The summed E-state index contributed by atoms with van der Waals surface area (Å²) in [5.41, 5.74) is 0.176. The van der Waals surface area contributed by atoms with Crippen LogP contribution in [0.25, 0.3) is 0 Å². The zero-order chi connectivity index (χ0) is 9.44. The lowest BCUT2D eigenvalue weighted by atomic mass is 10.4. The van der Waals surface area contributed by atoms with E-state index in [1.807, 2.05) is 0 Å². The van der Waals surface area contributed by atoms with Crippen LogP contribution in [0.3, 0.4) is 0 Å². The van der Waals surface area contributed by atoms with Crippen LogP contribution in [-0.2, 0) is 4.79 Å². The Morgan fingerprint density at radius 1 is 1.55 bits per heavy atom. The molecule has 0 saturated heterocycles. The summed E-state index contributed by atoms with van der Waals surface area (Å²) in [4.78, 5) is 9.60. The summed E-state index contributed by atoms with van der Waals surface area (Å²) in [6, 6.07) is 0. The Morgan fingerprint density at radius 2 is 1.73 bits per heavy atom. The average Bonchev–Trinajstić information content (AvgIpc) is 1.89. The number of rotatable bonds is 2. The van der Waals surface area contributed by atoms with Gasteiger partial charge in [-0.1, -0.05) is 6.58 Å². The standard InChI is InChI=1S/C4H6O2.C2H6O3/c1-3(2)4(5)6;3-1-2(4)5/h1H2,2H3,(H,5,6);2-5H,1H2. The summed E-state index contributed by atoms with van der Waals surface area (Å²) >= 11 is 0. The quantitative estimate of drug-likeness (QED) is 0.308. The van der Waals surface area contributed by atoms with Crippen molar-refractivity contribution in [3.63, 3.8) is 0 Å². The van der Waals surface area contributed by atoms with Crippen molar-refractivity contribution in [3.05, 3.63) is 12.2 Å². The maximum atomic E-state index is 9.60. The van der Waals surface area contributed by atoms with Crippen molar-refractivity contribution in [3.8, 4) is 0 Å². The molecule has 5 heteroatoms. The molecule has 5 nitrogen and oxygen atoms in total. The summed E-state index contributed by atoms with van der Waals surface area (Å²) in [6.07, 6.45) is -1.56. The molecule has 0 aromatic rings. The van der Waals surface area contributed by atoms with E-state index in [1.54, 1.807) is 0 Å². The Labute approximate surface area is 64.2 Å². The first-order chi connectivity index (χ1) is 4.91. The zero-order valence-electron chi connectivity index (χ0n) is 6.19. The van der Waals surface area contributed by atoms with Crippen molar-refractivity contribution >= 4 is 5.97 Å². The van der Waals surface area contributed by atoms with E-state index >= 15 is 0 Å². The van der Waals surface area contributed by atoms with E-state index < -0.39 is 18.9 Å². The minimum absolute atomic E-state index is 0.176. The summed E-state index contributed by atoms with van der Waals surface area (Å²) in [5, 5.41) is 30.9. The molecule has 0 fully saturated rings. The van der Waals surface area contributed by atoms with E-state index in [0.717, 1.165) is 0 Å². The van der Waals surface area contributed by atoms with Gasteiger partial charge in [-0.15, -0.1) is 0 Å². The van der Waals surface area contributed by atoms with Crippen LogP contribution in [0.1, 0.15) is 6.92 Å². The molecular formula is C6H12O5. The molecule has 0 amide bonds. The molecule has 0 radical (unpaired) electrons. The Balaban J connectivity index is 0. The van der Waals surface area contributed by atoms with Gasteiger partial charge in [0, 0.05) is 5.57 Å². The van der Waals surface area contributed by atoms with Crippen LogP contribution in [0.5, 0.6) is 0 Å². The van der Waals surface area contributed by atoms with Gasteiger partial charge in [0.25, 0.3) is 0 Å². The lowest BCUT2D eigenvalue weighted by Gasteiger charge is -1.89. The highest BCUT2D eigenvalue weighted by Crippen LogP contribution is 1.81. The summed E-state index contributed by atoms with van der Waals surface area (Å²) in [6.45, 7) is 4.02. The number of carboxylic acids is 1. The number of hydrogen-bond acceptors (Lipinski definition) is 4. The average molecular weight is 164 g/mol. The molecule has 0 unspecified atom stereocenters. The van der Waals surface area contributed by atoms with Gasteiger partial charge in [-0.25, -0.2) is 4.79 Å². The fourth-order valence-corrected chi connectivity index (χ4v) is 0. The maximum Gasteiger partial charge on any atom is 0.330 e. The van der Waals surface area contributed by atoms with E-state index in [-0.39, 0.29) is 5.57 Å². The summed E-state index contributed by atoms with van der Waals surface area (Å²) < 4.78 is 0. The van der Waals surface area contributed by atoms with Crippen LogP contribution in [0.4, 0.5) is 0 Å². The topological polar surface area (TPSA) is 98.0 Å². The second kappa shape index (κ2) is 7.20. The zero-order valence-corrected chi connectivity index (χ0v) is 6.19. The van der Waals surface area contributed by atoms with Crippen LogP contribution in [0, 0.1) is 0 Å². The van der Waals surface area contributed by atoms with E-state index in [0.29, 0.717) is 0 Å². The van der Waals surface area contributed by atoms with Crippen LogP contribution in [0.2, 0.25) is 0 Å². The van der Waals surface area contributed by atoms with E-state index in [2.05, 4.69) is 6.58 Å². The first-order valence-electron chi connectivity index (χ1n) is 2.77. The molecule has 66 valence electrons. The number of hydrogen-bond donors (Lipinski definition) is 4. The smallest absolute Gasteiger partial charge is 0.330 e. The highest BCUT2D eigenvalue weighted by atomic mass is 16.5. The predicted octanol–water partition coefficient (Wildman–Crippen LogP) is -1.06. The first-order valence-corrected chi connectivity index (χ1v) is 2.77. The highest BCUT2D eigenvalue weighted by Gasteiger charge is 1.90. The Hall–Kier alpha value is -0.910. The van der Waals surface area contributed by atoms with Gasteiger partial charge >= 0.3 is 5.97 Å². The number of carboxylic acid groups (broad SMARTS) is 1. The molecule has 0 saturated carbocycles. The van der Waals surface area contributed by atoms with Crippen molar-refractivity contribution in [2.24, 2.45) is 0 Å². The van der Waals surface area contributed by atoms with E-state index in [4.69, 9.17) is 20.4 Å². The lowest BCUT2D eigenvalue weighted by Crippen LogP contribution is -2.08. The Morgan fingerprint density at radius 3 is 1.73 bits per heavy atom. The summed E-state index contributed by atoms with van der Waals surface area (Å²) in [7, 11) is 0. The Kier molecular flexibility index (Phi) is 8.34. The molecule has 0 aromatic heterocycles. The van der Waals surface area contributed by atoms with Gasteiger partial charge in [-0.3, -0.25) is 0 Å². The molecule has 0 rings (SSSR count). The van der Waals surface area contributed by atoms with Gasteiger partial charge in [0.15, 0.2) is 6.29 Å². The molecule has 0 heterocycles. The second-order valence-corrected chi connectivity index (χ2v) is 1.75. The van der Waals surface area contributed by atoms with Gasteiger partial charge in [0.1, 0.15) is 0 Å². The van der Waals surface area contributed by atoms with Gasteiger partial charge in [-0.2, -0.15) is 0 Å². The minimum atomic E-state index is -1.56. The van der Waals surface area contributed by atoms with E-state index in [1.165, 1.54) is 6.92 Å². The highest BCUT2D eigenvalue weighted by molar-refractivity contribution is 5.84. The number of aliphatic hydroxyl groups excluding tert-OH is 2. The molecule has 0 bridgehead atoms. The van der Waals surface area contributed by atoms with Gasteiger partial charge < -0.3 is 20.4 Å². The second-order valence-electron chi connectivity index (χ2n) is 1.75. The van der Waals surface area contributed by atoms with Crippen LogP contribution < -0.4 is 0 Å². The largest absolute Gasteiger partial charge is 0.478 e. The van der Waals surface area contributed by atoms with Gasteiger partial charge in [0.2, 0.25) is 0 Å². The van der Waals surface area contributed by atoms with Crippen LogP contribution in [-0.4, -0.2) is 39.3 Å². The molecule has 0 aliphatic heterocycles. The number of aliphatic carboxylic acids is 1.